The van der Waals surface area contributed by atoms with Gasteiger partial charge in [0.25, 0.3) is 0 Å². The molecule has 2 aliphatic carbocycles. The Hall–Kier alpha value is -2.63. The van der Waals surface area contributed by atoms with Crippen LogP contribution in [0.25, 0.3) is 0 Å². The van der Waals surface area contributed by atoms with Gasteiger partial charge >= 0.3 is 6.18 Å². The molecule has 0 heterocycles. The standard InChI is InChI=1S/C32H34Cl2F3N3O3S/c33-24-14-22(15-25(34)17-24)30(40-44(42,43)27-9-4-6-23(16-27)32(35,36)37)18-31(41)39-29-10-3-5-21-13-20(11-12-28(21)29)19-38-26-7-1-2-8-26/h4,6,9,11-17,26,29-30,38,40H,1-3,5,7-8,10,18-19H2,(H,39,41)/t29-,30?/m1/s1. The zero-order valence-corrected chi connectivity index (χ0v) is 26.2. The number of carbonyl (C=O) groups excluding carboxylic acids is 1. The summed E-state index contributed by atoms with van der Waals surface area (Å²) in [6.07, 6.45) is 2.39. The van der Waals surface area contributed by atoms with Crippen LogP contribution in [-0.2, 0) is 34.0 Å². The first kappa shape index (κ1) is 32.8. The number of fused-ring (bicyclic) bond motifs is 1. The summed E-state index contributed by atoms with van der Waals surface area (Å²) >= 11 is 12.4. The lowest BCUT2D eigenvalue weighted by atomic mass is 9.86. The molecular weight excluding hydrogens is 634 g/mol. The van der Waals surface area contributed by atoms with E-state index in [1.807, 2.05) is 0 Å². The van der Waals surface area contributed by atoms with E-state index in [0.29, 0.717) is 17.7 Å². The van der Waals surface area contributed by atoms with Crippen LogP contribution in [0.1, 0.15) is 84.8 Å². The van der Waals surface area contributed by atoms with Crippen LogP contribution >= 0.6 is 23.2 Å². The number of sulfonamides is 1. The van der Waals surface area contributed by atoms with Gasteiger partial charge in [-0.3, -0.25) is 4.79 Å². The fourth-order valence-electron chi connectivity index (χ4n) is 6.06. The average Bonchev–Trinajstić information content (AvgIpc) is 3.49. The molecule has 0 aliphatic heterocycles. The molecular formula is C32H34Cl2F3N3O3S. The molecule has 2 atom stereocenters. The van der Waals surface area contributed by atoms with Gasteiger partial charge in [-0.1, -0.05) is 60.3 Å². The van der Waals surface area contributed by atoms with E-state index < -0.39 is 38.6 Å². The third-order valence-corrected chi connectivity index (χ3v) is 10.2. The van der Waals surface area contributed by atoms with Crippen molar-refractivity contribution in [1.82, 2.24) is 15.4 Å². The molecule has 236 valence electrons. The first-order chi connectivity index (χ1) is 20.9. The highest BCUT2D eigenvalue weighted by molar-refractivity contribution is 7.89. The molecule has 2 aliphatic rings. The Bertz CT molecular complexity index is 1590. The van der Waals surface area contributed by atoms with Crippen molar-refractivity contribution >= 4 is 39.1 Å². The molecule has 0 aromatic heterocycles. The van der Waals surface area contributed by atoms with Crippen LogP contribution in [-0.4, -0.2) is 20.4 Å². The normalized spacial score (nSPS) is 18.2. The van der Waals surface area contributed by atoms with E-state index >= 15 is 0 Å². The largest absolute Gasteiger partial charge is 0.416 e. The minimum Gasteiger partial charge on any atom is -0.349 e. The Morgan fingerprint density at radius 3 is 2.36 bits per heavy atom. The van der Waals surface area contributed by atoms with E-state index in [9.17, 15) is 26.4 Å². The highest BCUT2D eigenvalue weighted by Gasteiger charge is 2.33. The summed E-state index contributed by atoms with van der Waals surface area (Å²) in [7, 11) is -4.48. The molecule has 1 unspecified atom stereocenters. The molecule has 1 saturated carbocycles. The number of alkyl halides is 3. The Morgan fingerprint density at radius 1 is 0.932 bits per heavy atom. The minimum atomic E-state index is -4.73. The Kier molecular flexibility index (Phi) is 10.3. The second-order valence-electron chi connectivity index (χ2n) is 11.5. The molecule has 1 amide bonds. The molecule has 12 heteroatoms. The van der Waals surface area contributed by atoms with Gasteiger partial charge in [-0.2, -0.15) is 13.2 Å². The smallest absolute Gasteiger partial charge is 0.349 e. The number of halogens is 5. The molecule has 3 N–H and O–H groups in total. The van der Waals surface area contributed by atoms with Crippen molar-refractivity contribution in [3.05, 3.63) is 98.5 Å². The van der Waals surface area contributed by atoms with Crippen LogP contribution in [0, 0.1) is 0 Å². The molecule has 5 rings (SSSR count). The summed E-state index contributed by atoms with van der Waals surface area (Å²) in [4.78, 5) is 12.8. The summed E-state index contributed by atoms with van der Waals surface area (Å²) in [5.41, 5.74) is 2.60. The third kappa shape index (κ3) is 8.34. The van der Waals surface area contributed by atoms with Gasteiger partial charge in [0.1, 0.15) is 0 Å². The molecule has 6 nitrogen and oxygen atoms in total. The summed E-state index contributed by atoms with van der Waals surface area (Å²) < 4.78 is 68.9. The van der Waals surface area contributed by atoms with Crippen molar-refractivity contribution in [2.45, 2.75) is 87.1 Å². The van der Waals surface area contributed by atoms with Crippen molar-refractivity contribution in [3.63, 3.8) is 0 Å². The van der Waals surface area contributed by atoms with Gasteiger partial charge in [0.2, 0.25) is 15.9 Å². The van der Waals surface area contributed by atoms with E-state index in [1.165, 1.54) is 55.0 Å². The monoisotopic (exact) mass is 667 g/mol. The predicted octanol–water partition coefficient (Wildman–Crippen LogP) is 7.65. The maximum Gasteiger partial charge on any atom is 0.416 e. The van der Waals surface area contributed by atoms with Gasteiger partial charge in [0.05, 0.1) is 22.5 Å². The van der Waals surface area contributed by atoms with E-state index in [4.69, 9.17) is 23.2 Å². The summed E-state index contributed by atoms with van der Waals surface area (Å²) in [6, 6.07) is 13.3. The van der Waals surface area contributed by atoms with E-state index in [2.05, 4.69) is 33.6 Å². The van der Waals surface area contributed by atoms with Gasteiger partial charge in [0.15, 0.2) is 0 Å². The second-order valence-corrected chi connectivity index (χ2v) is 14.1. The van der Waals surface area contributed by atoms with E-state index in [1.54, 1.807) is 0 Å². The van der Waals surface area contributed by atoms with Gasteiger partial charge < -0.3 is 10.6 Å². The number of aryl methyl sites for hydroxylation is 1. The number of benzene rings is 3. The molecule has 0 bridgehead atoms. The van der Waals surface area contributed by atoms with Gasteiger partial charge in [-0.05, 0) is 90.8 Å². The lowest BCUT2D eigenvalue weighted by molar-refractivity contribution is -0.137. The lowest BCUT2D eigenvalue weighted by Gasteiger charge is -2.28. The second kappa shape index (κ2) is 13.8. The molecule has 44 heavy (non-hydrogen) atoms. The topological polar surface area (TPSA) is 87.3 Å². The fourth-order valence-corrected chi connectivity index (χ4v) is 7.87. The van der Waals surface area contributed by atoms with E-state index in [0.717, 1.165) is 49.6 Å². The highest BCUT2D eigenvalue weighted by Crippen LogP contribution is 2.33. The lowest BCUT2D eigenvalue weighted by Crippen LogP contribution is -2.36. The summed E-state index contributed by atoms with van der Waals surface area (Å²) in [5, 5.41) is 7.12. The van der Waals surface area contributed by atoms with Crippen LogP contribution < -0.4 is 15.4 Å². The van der Waals surface area contributed by atoms with Crippen molar-refractivity contribution in [2.75, 3.05) is 0 Å². The zero-order valence-electron chi connectivity index (χ0n) is 23.9. The first-order valence-corrected chi connectivity index (χ1v) is 16.9. The van der Waals surface area contributed by atoms with Crippen molar-refractivity contribution in [3.8, 4) is 0 Å². The molecule has 0 radical (unpaired) electrons. The molecule has 0 spiro atoms. The maximum atomic E-state index is 13.4. The first-order valence-electron chi connectivity index (χ1n) is 14.7. The van der Waals surface area contributed by atoms with Crippen LogP contribution in [0.4, 0.5) is 13.2 Å². The van der Waals surface area contributed by atoms with Crippen molar-refractivity contribution < 1.29 is 26.4 Å². The molecule has 1 fully saturated rings. The number of rotatable bonds is 10. The fraction of sp³-hybridized carbons (Fsp3) is 0.406. The predicted molar refractivity (Wildman–Crippen MR) is 165 cm³/mol. The van der Waals surface area contributed by atoms with Crippen molar-refractivity contribution in [1.29, 1.82) is 0 Å². The highest BCUT2D eigenvalue weighted by atomic mass is 35.5. The van der Waals surface area contributed by atoms with Gasteiger partial charge in [-0.15, -0.1) is 0 Å². The Labute approximate surface area is 265 Å². The third-order valence-electron chi connectivity index (χ3n) is 8.25. The van der Waals surface area contributed by atoms with Crippen LogP contribution in [0.2, 0.25) is 10.0 Å². The summed E-state index contributed by atoms with van der Waals surface area (Å²) in [5.74, 6) is -0.428. The number of hydrogen-bond donors (Lipinski definition) is 3. The molecule has 3 aromatic rings. The number of hydrogen-bond acceptors (Lipinski definition) is 4. The Morgan fingerprint density at radius 2 is 1.66 bits per heavy atom. The SMILES string of the molecule is O=C(CC(NS(=O)(=O)c1cccc(C(F)(F)F)c1)c1cc(Cl)cc(Cl)c1)N[C@@H]1CCCc2cc(CNC3CCCC3)ccc21. The zero-order chi connectivity index (χ0) is 31.5. The van der Waals surface area contributed by atoms with Crippen molar-refractivity contribution in [2.24, 2.45) is 0 Å². The molecule has 0 saturated heterocycles. The number of nitrogens with one attached hydrogen (secondary N) is 3. The summed E-state index contributed by atoms with van der Waals surface area (Å²) in [6.45, 7) is 0.796. The van der Waals surface area contributed by atoms with Gasteiger partial charge in [0, 0.05) is 29.1 Å². The van der Waals surface area contributed by atoms with E-state index in [-0.39, 0.29) is 22.5 Å². The Balaban J connectivity index is 1.33. The molecule has 3 aromatic carbocycles. The quantitative estimate of drug-likeness (QED) is 0.207. The van der Waals surface area contributed by atoms with Crippen LogP contribution in [0.15, 0.2) is 65.6 Å². The van der Waals surface area contributed by atoms with Gasteiger partial charge in [-0.25, -0.2) is 13.1 Å². The minimum absolute atomic E-state index is 0.218. The average molecular weight is 669 g/mol. The maximum absolute atomic E-state index is 13.4. The number of carbonyl (C=O) groups is 1. The van der Waals surface area contributed by atoms with Crippen LogP contribution in [0.5, 0.6) is 0 Å². The van der Waals surface area contributed by atoms with Crippen LogP contribution in [0.3, 0.4) is 0 Å². The number of amides is 1.